The van der Waals surface area contributed by atoms with Gasteiger partial charge in [-0.3, -0.25) is 0 Å². The highest BCUT2D eigenvalue weighted by Gasteiger charge is 2.10. The van der Waals surface area contributed by atoms with Gasteiger partial charge in [0.1, 0.15) is 0 Å². The topological polar surface area (TPSA) is 0 Å². The van der Waals surface area contributed by atoms with Crippen molar-refractivity contribution in [2.24, 2.45) is 5.92 Å². The summed E-state index contributed by atoms with van der Waals surface area (Å²) in [7, 11) is 2.81. The fourth-order valence-corrected chi connectivity index (χ4v) is 2.41. The van der Waals surface area contributed by atoms with Crippen LogP contribution < -0.4 is 5.30 Å². The molecule has 1 rings (SSSR count). The van der Waals surface area contributed by atoms with Crippen LogP contribution in [0.4, 0.5) is 0 Å². The van der Waals surface area contributed by atoms with Gasteiger partial charge in [0, 0.05) is 0 Å². The molecule has 0 aliphatic heterocycles. The van der Waals surface area contributed by atoms with E-state index in [0.717, 1.165) is 6.42 Å². The molecule has 1 aromatic rings. The van der Waals surface area contributed by atoms with Crippen molar-refractivity contribution in [2.45, 2.75) is 27.2 Å². The fourth-order valence-electron chi connectivity index (χ4n) is 2.03. The number of allylic oxidation sites excluding steroid dienone is 3. The Balaban J connectivity index is 3.36. The van der Waals surface area contributed by atoms with Gasteiger partial charge in [-0.05, 0) is 34.4 Å². The van der Waals surface area contributed by atoms with Gasteiger partial charge in [0.15, 0.2) is 0 Å². The SMILES string of the molecule is C=C/C(=C(\CC)c1ccccc1P)C(C)C. The second kappa shape index (κ2) is 6.01. The molecule has 0 spiro atoms. The highest BCUT2D eigenvalue weighted by Crippen LogP contribution is 2.27. The molecule has 86 valence electrons. The maximum atomic E-state index is 3.94. The lowest BCUT2D eigenvalue weighted by Crippen LogP contribution is -2.04. The average Bonchev–Trinajstić information content (AvgIpc) is 2.26. The molecule has 0 fully saturated rings. The predicted molar refractivity (Wildman–Crippen MR) is 78.0 cm³/mol. The van der Waals surface area contributed by atoms with E-state index in [2.05, 4.69) is 60.9 Å². The van der Waals surface area contributed by atoms with Crippen LogP contribution in [0.5, 0.6) is 0 Å². The Morgan fingerprint density at radius 2 is 2.00 bits per heavy atom. The highest BCUT2D eigenvalue weighted by atomic mass is 31.0. The van der Waals surface area contributed by atoms with Gasteiger partial charge in [0.05, 0.1) is 0 Å². The van der Waals surface area contributed by atoms with Crippen molar-refractivity contribution in [3.8, 4) is 0 Å². The van der Waals surface area contributed by atoms with Crippen LogP contribution in [0.15, 0.2) is 42.5 Å². The molecule has 0 heterocycles. The van der Waals surface area contributed by atoms with Gasteiger partial charge in [0.25, 0.3) is 0 Å². The molecular formula is C15H21P. The van der Waals surface area contributed by atoms with Crippen LogP contribution in [-0.4, -0.2) is 0 Å². The summed E-state index contributed by atoms with van der Waals surface area (Å²) >= 11 is 0. The molecule has 0 amide bonds. The second-order valence-corrected chi connectivity index (χ2v) is 4.86. The zero-order valence-corrected chi connectivity index (χ0v) is 11.6. The van der Waals surface area contributed by atoms with Crippen molar-refractivity contribution in [3.63, 3.8) is 0 Å². The largest absolute Gasteiger partial charge is 0.105 e. The normalized spacial score (nSPS) is 12.6. The second-order valence-electron chi connectivity index (χ2n) is 4.23. The zero-order valence-electron chi connectivity index (χ0n) is 10.5. The molecule has 0 aliphatic carbocycles. The third-order valence-corrected chi connectivity index (χ3v) is 3.33. The molecule has 0 bridgehead atoms. The lowest BCUT2D eigenvalue weighted by Gasteiger charge is -2.16. The first-order chi connectivity index (χ1) is 7.61. The molecule has 0 radical (unpaired) electrons. The van der Waals surface area contributed by atoms with Crippen molar-refractivity contribution >= 4 is 20.1 Å². The van der Waals surface area contributed by atoms with E-state index in [1.807, 2.05) is 6.08 Å². The summed E-state index contributed by atoms with van der Waals surface area (Å²) in [5.74, 6) is 0.525. The summed E-state index contributed by atoms with van der Waals surface area (Å²) in [6.07, 6.45) is 3.05. The first-order valence-electron chi connectivity index (χ1n) is 5.82. The molecule has 0 saturated heterocycles. The number of hydrogen-bond acceptors (Lipinski definition) is 0. The van der Waals surface area contributed by atoms with Gasteiger partial charge in [0.2, 0.25) is 0 Å². The number of hydrogen-bond donors (Lipinski definition) is 0. The molecule has 0 aliphatic rings. The summed E-state index contributed by atoms with van der Waals surface area (Å²) in [5, 5.41) is 1.26. The summed E-state index contributed by atoms with van der Waals surface area (Å²) in [4.78, 5) is 0. The lowest BCUT2D eigenvalue weighted by molar-refractivity contribution is 0.790. The molecular weight excluding hydrogens is 211 g/mol. The Hall–Kier alpha value is -0.870. The van der Waals surface area contributed by atoms with Gasteiger partial charge < -0.3 is 0 Å². The highest BCUT2D eigenvalue weighted by molar-refractivity contribution is 7.27. The fraction of sp³-hybridized carbons (Fsp3) is 0.333. The van der Waals surface area contributed by atoms with E-state index in [1.165, 1.54) is 22.0 Å². The summed E-state index contributed by atoms with van der Waals surface area (Å²) in [6.45, 7) is 10.6. The summed E-state index contributed by atoms with van der Waals surface area (Å²) in [5.41, 5.74) is 4.10. The first-order valence-corrected chi connectivity index (χ1v) is 6.39. The van der Waals surface area contributed by atoms with Crippen molar-refractivity contribution in [1.29, 1.82) is 0 Å². The number of rotatable bonds is 4. The van der Waals surface area contributed by atoms with Crippen LogP contribution in [-0.2, 0) is 0 Å². The summed E-state index contributed by atoms with van der Waals surface area (Å²) in [6, 6.07) is 8.49. The van der Waals surface area contributed by atoms with Gasteiger partial charge in [-0.15, -0.1) is 9.24 Å². The quantitative estimate of drug-likeness (QED) is 0.539. The van der Waals surface area contributed by atoms with Crippen LogP contribution >= 0.6 is 9.24 Å². The first kappa shape index (κ1) is 13.2. The van der Waals surface area contributed by atoms with Gasteiger partial charge in [-0.2, -0.15) is 0 Å². The smallest absolute Gasteiger partial charge is 0.0150 e. The molecule has 1 atom stereocenters. The minimum Gasteiger partial charge on any atom is -0.105 e. The van der Waals surface area contributed by atoms with Crippen LogP contribution in [0.2, 0.25) is 0 Å². The van der Waals surface area contributed by atoms with Crippen molar-refractivity contribution < 1.29 is 0 Å². The molecule has 16 heavy (non-hydrogen) atoms. The average molecular weight is 232 g/mol. The van der Waals surface area contributed by atoms with E-state index in [1.54, 1.807) is 0 Å². The Morgan fingerprint density at radius 3 is 2.44 bits per heavy atom. The van der Waals surface area contributed by atoms with E-state index >= 15 is 0 Å². The van der Waals surface area contributed by atoms with E-state index in [9.17, 15) is 0 Å². The van der Waals surface area contributed by atoms with E-state index in [0.29, 0.717) is 5.92 Å². The van der Waals surface area contributed by atoms with Crippen LogP contribution in [0, 0.1) is 5.92 Å². The van der Waals surface area contributed by atoms with Crippen molar-refractivity contribution in [2.75, 3.05) is 0 Å². The minimum atomic E-state index is 0.525. The van der Waals surface area contributed by atoms with E-state index in [4.69, 9.17) is 0 Å². The zero-order chi connectivity index (χ0) is 12.1. The van der Waals surface area contributed by atoms with E-state index < -0.39 is 0 Å². The minimum absolute atomic E-state index is 0.525. The number of benzene rings is 1. The molecule has 1 heteroatoms. The van der Waals surface area contributed by atoms with Crippen LogP contribution in [0.25, 0.3) is 5.57 Å². The van der Waals surface area contributed by atoms with Crippen molar-refractivity contribution in [3.05, 3.63) is 48.1 Å². The molecule has 0 aromatic heterocycles. The van der Waals surface area contributed by atoms with Crippen molar-refractivity contribution in [1.82, 2.24) is 0 Å². The third kappa shape index (κ3) is 2.83. The van der Waals surface area contributed by atoms with Gasteiger partial charge >= 0.3 is 0 Å². The van der Waals surface area contributed by atoms with Gasteiger partial charge in [-0.1, -0.05) is 57.7 Å². The Morgan fingerprint density at radius 1 is 1.38 bits per heavy atom. The Kier molecular flexibility index (Phi) is 4.96. The summed E-state index contributed by atoms with van der Waals surface area (Å²) < 4.78 is 0. The van der Waals surface area contributed by atoms with Crippen LogP contribution in [0.3, 0.4) is 0 Å². The molecule has 1 unspecified atom stereocenters. The third-order valence-electron chi connectivity index (χ3n) is 2.83. The monoisotopic (exact) mass is 232 g/mol. The predicted octanol–water partition coefficient (Wildman–Crippen LogP) is 4.19. The van der Waals surface area contributed by atoms with Crippen LogP contribution in [0.1, 0.15) is 32.8 Å². The lowest BCUT2D eigenvalue weighted by atomic mass is 9.91. The molecule has 1 aromatic carbocycles. The molecule has 0 nitrogen and oxygen atoms in total. The Labute approximate surface area is 102 Å². The van der Waals surface area contributed by atoms with Gasteiger partial charge in [-0.25, -0.2) is 0 Å². The van der Waals surface area contributed by atoms with E-state index in [-0.39, 0.29) is 0 Å². The molecule has 0 N–H and O–H groups in total. The maximum absolute atomic E-state index is 3.94. The molecule has 0 saturated carbocycles. The Bertz CT molecular complexity index is 400. The maximum Gasteiger partial charge on any atom is -0.0150 e. The standard InChI is InChI=1S/C15H21P/c1-5-12(11(3)4)13(6-2)14-9-7-8-10-15(14)16/h5,7-11H,1,6,16H2,2-4H3/b13-12-.